The summed E-state index contributed by atoms with van der Waals surface area (Å²) in [4.78, 5) is 10.6. The van der Waals surface area contributed by atoms with Crippen LogP contribution in [0.2, 0.25) is 0 Å². The predicted octanol–water partition coefficient (Wildman–Crippen LogP) is 2.50. The van der Waals surface area contributed by atoms with Crippen LogP contribution in [0.25, 0.3) is 0 Å². The molecule has 132 valence electrons. The molecular formula is C17H26N4O2S. The zero-order chi connectivity index (χ0) is 17.6. The molecule has 0 spiro atoms. The Morgan fingerprint density at radius 1 is 1.17 bits per heavy atom. The summed E-state index contributed by atoms with van der Waals surface area (Å²) in [7, 11) is -1.31. The maximum atomic E-state index is 12.3. The van der Waals surface area contributed by atoms with Crippen molar-refractivity contribution >= 4 is 9.84 Å². The van der Waals surface area contributed by atoms with Crippen LogP contribution in [0.4, 0.5) is 0 Å². The molecule has 0 saturated heterocycles. The molecule has 0 aliphatic rings. The number of rotatable bonds is 9. The Morgan fingerprint density at radius 3 is 2.58 bits per heavy atom. The molecule has 0 aliphatic heterocycles. The molecule has 0 aliphatic carbocycles. The molecule has 2 heterocycles. The van der Waals surface area contributed by atoms with Crippen molar-refractivity contribution in [1.82, 2.24) is 19.4 Å². The Balaban J connectivity index is 2.19. The van der Waals surface area contributed by atoms with Crippen molar-refractivity contribution < 1.29 is 8.42 Å². The minimum atomic E-state index is -3.31. The predicted molar refractivity (Wildman–Crippen MR) is 94.3 cm³/mol. The number of unbranched alkanes of at least 4 members (excludes halogenated alkanes) is 1. The van der Waals surface area contributed by atoms with Gasteiger partial charge >= 0.3 is 0 Å². The number of sulfone groups is 1. The van der Waals surface area contributed by atoms with E-state index >= 15 is 0 Å². The third kappa shape index (κ3) is 4.64. The van der Waals surface area contributed by atoms with Gasteiger partial charge in [-0.15, -0.1) is 0 Å². The van der Waals surface area contributed by atoms with Crippen molar-refractivity contribution in [2.45, 2.75) is 51.5 Å². The van der Waals surface area contributed by atoms with Crippen molar-refractivity contribution in [3.8, 4) is 0 Å². The summed E-state index contributed by atoms with van der Waals surface area (Å²) in [6.45, 7) is 5.76. The number of hydrogen-bond acceptors (Lipinski definition) is 5. The van der Waals surface area contributed by atoms with Crippen molar-refractivity contribution in [3.05, 3.63) is 42.0 Å². The zero-order valence-electron chi connectivity index (χ0n) is 14.6. The lowest BCUT2D eigenvalue weighted by atomic mass is 10.3. The summed E-state index contributed by atoms with van der Waals surface area (Å²) >= 11 is 0. The van der Waals surface area contributed by atoms with E-state index < -0.39 is 9.84 Å². The minimum Gasteiger partial charge on any atom is -0.318 e. The van der Waals surface area contributed by atoms with Crippen LogP contribution in [-0.2, 0) is 29.5 Å². The van der Waals surface area contributed by atoms with E-state index in [0.717, 1.165) is 24.2 Å². The highest BCUT2D eigenvalue weighted by molar-refractivity contribution is 7.91. The highest BCUT2D eigenvalue weighted by Crippen LogP contribution is 2.16. The number of pyridine rings is 1. The zero-order valence-corrected chi connectivity index (χ0v) is 15.5. The fourth-order valence-electron chi connectivity index (χ4n) is 2.55. The summed E-state index contributed by atoms with van der Waals surface area (Å²) in [5.74, 6) is 0.0688. The Morgan fingerprint density at radius 2 is 1.96 bits per heavy atom. The normalized spacial score (nSPS) is 12.0. The van der Waals surface area contributed by atoms with Gasteiger partial charge in [0.2, 0.25) is 15.0 Å². The number of nitrogens with zero attached hydrogens (tertiary/aromatic N) is 4. The molecule has 0 fully saturated rings. The molecule has 24 heavy (non-hydrogen) atoms. The van der Waals surface area contributed by atoms with Gasteiger partial charge in [0.05, 0.1) is 23.3 Å². The van der Waals surface area contributed by atoms with E-state index in [-0.39, 0.29) is 10.9 Å². The van der Waals surface area contributed by atoms with Crippen molar-refractivity contribution in [2.75, 3.05) is 12.8 Å². The van der Waals surface area contributed by atoms with E-state index in [1.807, 2.05) is 29.8 Å². The molecule has 2 rings (SSSR count). The molecule has 0 amide bonds. The molecule has 2 aromatic rings. The van der Waals surface area contributed by atoms with Crippen LogP contribution < -0.4 is 0 Å². The van der Waals surface area contributed by atoms with E-state index in [1.165, 1.54) is 0 Å². The second-order valence-corrected chi connectivity index (χ2v) is 8.11. The first-order valence-corrected chi connectivity index (χ1v) is 9.98. The highest BCUT2D eigenvalue weighted by Gasteiger charge is 2.21. The monoisotopic (exact) mass is 350 g/mol. The first-order chi connectivity index (χ1) is 11.5. The van der Waals surface area contributed by atoms with Crippen LogP contribution in [0.15, 0.2) is 35.7 Å². The van der Waals surface area contributed by atoms with E-state index in [4.69, 9.17) is 0 Å². The highest BCUT2D eigenvalue weighted by atomic mass is 32.2. The van der Waals surface area contributed by atoms with Crippen molar-refractivity contribution in [1.29, 1.82) is 0 Å². The van der Waals surface area contributed by atoms with Gasteiger partial charge in [0.1, 0.15) is 0 Å². The number of aromatic nitrogens is 3. The standard InChI is InChI=1S/C17H26N4O2S/c1-4-6-11-21-16(12-19-17(21)24(22,23)5-2)14-20(3)13-15-9-7-8-10-18-15/h7-10,12H,4-6,11,13-14H2,1-3H3. The van der Waals surface area contributed by atoms with Gasteiger partial charge in [0, 0.05) is 25.8 Å². The fourth-order valence-corrected chi connectivity index (χ4v) is 3.57. The van der Waals surface area contributed by atoms with Crippen LogP contribution in [0.1, 0.15) is 38.1 Å². The van der Waals surface area contributed by atoms with Gasteiger partial charge in [-0.2, -0.15) is 0 Å². The van der Waals surface area contributed by atoms with E-state index in [1.54, 1.807) is 19.3 Å². The van der Waals surface area contributed by atoms with E-state index in [9.17, 15) is 8.42 Å². The molecule has 7 heteroatoms. The lowest BCUT2D eigenvalue weighted by Crippen LogP contribution is -2.21. The van der Waals surface area contributed by atoms with Gasteiger partial charge in [-0.1, -0.05) is 26.3 Å². The fraction of sp³-hybridized carbons (Fsp3) is 0.529. The average Bonchev–Trinajstić information content (AvgIpc) is 2.97. The number of imidazole rings is 1. The second-order valence-electron chi connectivity index (χ2n) is 5.93. The van der Waals surface area contributed by atoms with Gasteiger partial charge in [0.15, 0.2) is 0 Å². The molecule has 0 bridgehead atoms. The Labute approximate surface area is 144 Å². The van der Waals surface area contributed by atoms with Gasteiger partial charge in [0.25, 0.3) is 0 Å². The summed E-state index contributed by atoms with van der Waals surface area (Å²) < 4.78 is 26.4. The quantitative estimate of drug-likeness (QED) is 0.695. The SMILES string of the molecule is CCCCn1c(CN(C)Cc2ccccn2)cnc1S(=O)(=O)CC. The van der Waals surface area contributed by atoms with E-state index in [2.05, 4.69) is 21.8 Å². The van der Waals surface area contributed by atoms with Crippen LogP contribution in [0.5, 0.6) is 0 Å². The second kappa shape index (κ2) is 8.39. The smallest absolute Gasteiger partial charge is 0.227 e. The Kier molecular flexibility index (Phi) is 6.51. The summed E-state index contributed by atoms with van der Waals surface area (Å²) in [5.41, 5.74) is 1.91. The number of hydrogen-bond donors (Lipinski definition) is 0. The summed E-state index contributed by atoms with van der Waals surface area (Å²) in [5, 5.41) is 0.194. The Hall–Kier alpha value is -1.73. The molecule has 0 radical (unpaired) electrons. The summed E-state index contributed by atoms with van der Waals surface area (Å²) in [6.07, 6.45) is 5.40. The maximum absolute atomic E-state index is 12.3. The Bertz CT molecular complexity index is 741. The van der Waals surface area contributed by atoms with Crippen LogP contribution in [-0.4, -0.2) is 40.7 Å². The maximum Gasteiger partial charge on any atom is 0.227 e. The average molecular weight is 350 g/mol. The molecule has 0 N–H and O–H groups in total. The van der Waals surface area contributed by atoms with Gasteiger partial charge in [-0.05, 0) is 25.6 Å². The van der Waals surface area contributed by atoms with Crippen LogP contribution in [0, 0.1) is 0 Å². The van der Waals surface area contributed by atoms with Gasteiger partial charge < -0.3 is 4.57 Å². The van der Waals surface area contributed by atoms with Crippen LogP contribution >= 0.6 is 0 Å². The molecule has 6 nitrogen and oxygen atoms in total. The lowest BCUT2D eigenvalue weighted by molar-refractivity contribution is 0.303. The first-order valence-electron chi connectivity index (χ1n) is 8.33. The third-order valence-electron chi connectivity index (χ3n) is 3.89. The summed E-state index contributed by atoms with van der Waals surface area (Å²) in [6, 6.07) is 5.84. The molecule has 2 aromatic heterocycles. The first kappa shape index (κ1) is 18.6. The molecule has 0 atom stereocenters. The van der Waals surface area contributed by atoms with E-state index in [0.29, 0.717) is 19.6 Å². The molecule has 0 unspecified atom stereocenters. The van der Waals surface area contributed by atoms with Gasteiger partial charge in [-0.3, -0.25) is 9.88 Å². The molecule has 0 saturated carbocycles. The van der Waals surface area contributed by atoms with Crippen molar-refractivity contribution in [3.63, 3.8) is 0 Å². The van der Waals surface area contributed by atoms with Crippen LogP contribution in [0.3, 0.4) is 0 Å². The largest absolute Gasteiger partial charge is 0.318 e. The third-order valence-corrected chi connectivity index (χ3v) is 5.53. The van der Waals surface area contributed by atoms with Gasteiger partial charge in [-0.25, -0.2) is 13.4 Å². The molecule has 0 aromatic carbocycles. The van der Waals surface area contributed by atoms with Crippen molar-refractivity contribution in [2.24, 2.45) is 0 Å². The minimum absolute atomic E-state index is 0.0688. The lowest BCUT2D eigenvalue weighted by Gasteiger charge is -2.18. The topological polar surface area (TPSA) is 68.1 Å². The molecular weight excluding hydrogens is 324 g/mol.